The quantitative estimate of drug-likeness (QED) is 0.868. The first-order chi connectivity index (χ1) is 9.15. The second-order valence-corrected chi connectivity index (χ2v) is 5.35. The Bertz CT molecular complexity index is 583. The molecule has 3 rings (SSSR count). The van der Waals surface area contributed by atoms with E-state index in [1.54, 1.807) is 13.1 Å². The molecular weight excluding hydrogens is 268 g/mol. The van der Waals surface area contributed by atoms with Crippen molar-refractivity contribution in [2.45, 2.75) is 31.3 Å². The maximum atomic E-state index is 11.2. The van der Waals surface area contributed by atoms with Crippen LogP contribution in [-0.2, 0) is 4.79 Å². The van der Waals surface area contributed by atoms with Crippen molar-refractivity contribution in [3.05, 3.63) is 28.3 Å². The van der Waals surface area contributed by atoms with Crippen LogP contribution in [0.4, 0.5) is 0 Å². The number of carbonyl (C=O) groups is 1. The molecule has 0 amide bonds. The fourth-order valence-electron chi connectivity index (χ4n) is 2.30. The number of aliphatic carboxylic acids is 1. The van der Waals surface area contributed by atoms with Crippen molar-refractivity contribution in [1.29, 1.82) is 0 Å². The molecule has 0 aromatic carbocycles. The Hall–Kier alpha value is -1.80. The Morgan fingerprint density at radius 3 is 3.05 bits per heavy atom. The monoisotopic (exact) mass is 280 g/mol. The van der Waals surface area contributed by atoms with Crippen LogP contribution in [0.15, 0.2) is 16.1 Å². The summed E-state index contributed by atoms with van der Waals surface area (Å²) in [6, 6.07) is -0.813. The zero-order chi connectivity index (χ0) is 13.4. The number of carboxylic acids is 1. The van der Waals surface area contributed by atoms with Gasteiger partial charge in [-0.15, -0.1) is 11.3 Å². The molecule has 2 N–H and O–H groups in total. The fourth-order valence-corrected chi connectivity index (χ4v) is 3.06. The second-order valence-electron chi connectivity index (χ2n) is 4.43. The van der Waals surface area contributed by atoms with Gasteiger partial charge < -0.3 is 9.63 Å². The molecular formula is C11H12N4O3S. The third kappa shape index (κ3) is 2.24. The zero-order valence-corrected chi connectivity index (χ0v) is 10.9. The molecule has 3 unspecified atom stereocenters. The average molecular weight is 280 g/mol. The first kappa shape index (κ1) is 12.2. The van der Waals surface area contributed by atoms with Crippen LogP contribution in [0.5, 0.6) is 0 Å². The predicted molar refractivity (Wildman–Crippen MR) is 65.8 cm³/mol. The van der Waals surface area contributed by atoms with E-state index in [2.05, 4.69) is 20.4 Å². The molecule has 2 aromatic heterocycles. The van der Waals surface area contributed by atoms with Crippen LogP contribution in [0.25, 0.3) is 0 Å². The van der Waals surface area contributed by atoms with Gasteiger partial charge in [-0.2, -0.15) is 4.98 Å². The normalized spacial score (nSPS) is 26.7. The summed E-state index contributed by atoms with van der Waals surface area (Å²) in [5.74, 6) is -0.0191. The van der Waals surface area contributed by atoms with Gasteiger partial charge in [0.1, 0.15) is 11.0 Å². The van der Waals surface area contributed by atoms with E-state index in [0.717, 1.165) is 5.01 Å². The molecule has 8 heteroatoms. The highest BCUT2D eigenvalue weighted by Crippen LogP contribution is 2.40. The first-order valence-electron chi connectivity index (χ1n) is 5.83. The van der Waals surface area contributed by atoms with E-state index in [0.29, 0.717) is 18.1 Å². The molecule has 2 aromatic rings. The summed E-state index contributed by atoms with van der Waals surface area (Å²) < 4.78 is 5.19. The van der Waals surface area contributed by atoms with Crippen molar-refractivity contribution in [3.8, 4) is 0 Å². The third-order valence-corrected chi connectivity index (χ3v) is 4.01. The van der Waals surface area contributed by atoms with Crippen molar-refractivity contribution in [3.63, 3.8) is 0 Å². The molecule has 19 heavy (non-hydrogen) atoms. The van der Waals surface area contributed by atoms with Crippen LogP contribution in [-0.4, -0.2) is 32.2 Å². The van der Waals surface area contributed by atoms with Crippen LogP contribution in [0.2, 0.25) is 0 Å². The molecule has 3 atom stereocenters. The van der Waals surface area contributed by atoms with Gasteiger partial charge in [0.15, 0.2) is 5.82 Å². The topological polar surface area (TPSA) is 101 Å². The van der Waals surface area contributed by atoms with E-state index in [1.807, 2.05) is 5.38 Å². The van der Waals surface area contributed by atoms with Crippen molar-refractivity contribution < 1.29 is 14.4 Å². The largest absolute Gasteiger partial charge is 0.480 e. The summed E-state index contributed by atoms with van der Waals surface area (Å²) in [7, 11) is 0. The van der Waals surface area contributed by atoms with Crippen molar-refractivity contribution in [2.24, 2.45) is 0 Å². The minimum atomic E-state index is -0.875. The number of thiazole rings is 1. The van der Waals surface area contributed by atoms with Crippen LogP contribution >= 0.6 is 11.3 Å². The number of hydrogen-bond donors (Lipinski definition) is 2. The molecule has 1 aliphatic heterocycles. The zero-order valence-electron chi connectivity index (χ0n) is 10.1. The smallest absolute Gasteiger partial charge is 0.320 e. The van der Waals surface area contributed by atoms with Gasteiger partial charge in [0.25, 0.3) is 0 Å². The predicted octanol–water partition coefficient (Wildman–Crippen LogP) is 1.11. The van der Waals surface area contributed by atoms with Gasteiger partial charge in [-0.25, -0.2) is 4.98 Å². The molecule has 100 valence electrons. The fraction of sp³-hybridized carbons (Fsp3) is 0.455. The van der Waals surface area contributed by atoms with Gasteiger partial charge >= 0.3 is 5.97 Å². The summed E-state index contributed by atoms with van der Waals surface area (Å²) in [5, 5.41) is 18.7. The SMILES string of the molecule is Cc1noc(C2CC(C(=O)O)NC2c2nccs2)n1. The molecule has 1 aliphatic rings. The van der Waals surface area contributed by atoms with E-state index >= 15 is 0 Å². The first-order valence-corrected chi connectivity index (χ1v) is 6.71. The molecule has 0 bridgehead atoms. The number of nitrogens with zero attached hydrogens (tertiary/aromatic N) is 3. The lowest BCUT2D eigenvalue weighted by atomic mass is 9.99. The Labute approximate surface area is 112 Å². The lowest BCUT2D eigenvalue weighted by Gasteiger charge is -2.13. The molecule has 1 saturated heterocycles. The molecule has 3 heterocycles. The maximum absolute atomic E-state index is 11.2. The van der Waals surface area contributed by atoms with E-state index in [-0.39, 0.29) is 12.0 Å². The molecule has 1 fully saturated rings. The average Bonchev–Trinajstić information content (AvgIpc) is 3.07. The Morgan fingerprint density at radius 1 is 1.63 bits per heavy atom. The number of hydrogen-bond acceptors (Lipinski definition) is 7. The van der Waals surface area contributed by atoms with Crippen molar-refractivity contribution >= 4 is 17.3 Å². The Kier molecular flexibility index (Phi) is 3.03. The van der Waals surface area contributed by atoms with Gasteiger partial charge in [0, 0.05) is 11.6 Å². The lowest BCUT2D eigenvalue weighted by Crippen LogP contribution is -2.31. The van der Waals surface area contributed by atoms with Gasteiger partial charge in [-0.05, 0) is 13.3 Å². The lowest BCUT2D eigenvalue weighted by molar-refractivity contribution is -0.139. The molecule has 0 radical (unpaired) electrons. The number of aryl methyl sites for hydroxylation is 1. The van der Waals surface area contributed by atoms with Crippen molar-refractivity contribution in [2.75, 3.05) is 0 Å². The van der Waals surface area contributed by atoms with Gasteiger partial charge in [0.05, 0.1) is 12.0 Å². The number of nitrogens with one attached hydrogen (secondary N) is 1. The van der Waals surface area contributed by atoms with E-state index < -0.39 is 12.0 Å². The number of carboxylic acid groups (broad SMARTS) is 1. The highest BCUT2D eigenvalue weighted by molar-refractivity contribution is 7.09. The minimum absolute atomic E-state index is 0.159. The highest BCUT2D eigenvalue weighted by atomic mass is 32.1. The summed E-state index contributed by atoms with van der Waals surface area (Å²) in [5.41, 5.74) is 0. The summed E-state index contributed by atoms with van der Waals surface area (Å²) in [6.45, 7) is 1.74. The van der Waals surface area contributed by atoms with Gasteiger partial charge in [0.2, 0.25) is 5.89 Å². The van der Waals surface area contributed by atoms with E-state index in [4.69, 9.17) is 9.63 Å². The molecule has 0 aliphatic carbocycles. The summed E-state index contributed by atoms with van der Waals surface area (Å²) in [6.07, 6.45) is 2.12. The molecule has 0 saturated carbocycles. The number of rotatable bonds is 3. The van der Waals surface area contributed by atoms with Gasteiger partial charge in [-0.1, -0.05) is 5.16 Å². The summed E-state index contributed by atoms with van der Waals surface area (Å²) >= 11 is 1.48. The van der Waals surface area contributed by atoms with Crippen molar-refractivity contribution in [1.82, 2.24) is 20.4 Å². The molecule has 0 spiro atoms. The third-order valence-electron chi connectivity index (χ3n) is 3.15. The van der Waals surface area contributed by atoms with Gasteiger partial charge in [-0.3, -0.25) is 10.1 Å². The summed E-state index contributed by atoms with van der Waals surface area (Å²) in [4.78, 5) is 19.6. The van der Waals surface area contributed by atoms with E-state index in [1.165, 1.54) is 11.3 Å². The van der Waals surface area contributed by atoms with Crippen LogP contribution in [0.3, 0.4) is 0 Å². The van der Waals surface area contributed by atoms with E-state index in [9.17, 15) is 4.79 Å². The van der Waals surface area contributed by atoms with Crippen LogP contribution in [0.1, 0.15) is 35.1 Å². The van der Waals surface area contributed by atoms with Crippen LogP contribution in [0, 0.1) is 6.92 Å². The minimum Gasteiger partial charge on any atom is -0.480 e. The molecule has 7 nitrogen and oxygen atoms in total. The Balaban J connectivity index is 1.93. The highest BCUT2D eigenvalue weighted by Gasteiger charge is 2.42. The standard InChI is InChI=1S/C11H12N4O3S/c1-5-13-9(18-15-5)6-4-7(11(16)17)14-8(6)10-12-2-3-19-10/h2-3,6-8,14H,4H2,1H3,(H,16,17). The second kappa shape index (κ2) is 4.71. The van der Waals surface area contributed by atoms with Crippen LogP contribution < -0.4 is 5.32 Å². The number of aromatic nitrogens is 3. The Morgan fingerprint density at radius 2 is 2.47 bits per heavy atom. The maximum Gasteiger partial charge on any atom is 0.320 e.